The molecule has 0 spiro atoms. The molecule has 1 N–H and O–H groups in total. The van der Waals surface area contributed by atoms with Gasteiger partial charge >= 0.3 is 0 Å². The van der Waals surface area contributed by atoms with Gasteiger partial charge in [0.2, 0.25) is 0 Å². The van der Waals surface area contributed by atoms with Crippen molar-refractivity contribution in [1.82, 2.24) is 5.32 Å². The minimum atomic E-state index is 0.661. The molecule has 1 aromatic rings. The van der Waals surface area contributed by atoms with Crippen LogP contribution < -0.4 is 5.32 Å². The molecule has 0 heterocycles. The van der Waals surface area contributed by atoms with Gasteiger partial charge in [-0.2, -0.15) is 0 Å². The second-order valence-electron chi connectivity index (χ2n) is 5.09. The monoisotopic (exact) mass is 315 g/mol. The fourth-order valence-electron chi connectivity index (χ4n) is 2.55. The maximum atomic E-state index is 6.18. The maximum absolute atomic E-state index is 6.18. The Morgan fingerprint density at radius 1 is 1.41 bits per heavy atom. The molecule has 3 heteroatoms. The molecule has 1 fully saturated rings. The normalized spacial score (nSPS) is 24.9. The van der Waals surface area contributed by atoms with Crippen molar-refractivity contribution < 1.29 is 0 Å². The highest BCUT2D eigenvalue weighted by Gasteiger charge is 2.18. The first-order valence-corrected chi connectivity index (χ1v) is 7.49. The number of hydrogen-bond donors (Lipinski definition) is 1. The third-order valence-corrected chi connectivity index (χ3v) is 4.39. The molecule has 0 aromatic heterocycles. The van der Waals surface area contributed by atoms with Crippen molar-refractivity contribution in [3.8, 4) is 0 Å². The van der Waals surface area contributed by atoms with Crippen LogP contribution in [0.1, 0.15) is 38.2 Å². The van der Waals surface area contributed by atoms with E-state index in [0.29, 0.717) is 6.04 Å². The molecule has 1 saturated carbocycles. The minimum Gasteiger partial charge on any atom is -0.310 e. The predicted octanol–water partition coefficient (Wildman–Crippen LogP) is 4.77. The molecular formula is C14H19BrClN. The van der Waals surface area contributed by atoms with E-state index in [0.717, 1.165) is 22.0 Å². The van der Waals surface area contributed by atoms with Crippen molar-refractivity contribution in [1.29, 1.82) is 0 Å². The summed E-state index contributed by atoms with van der Waals surface area (Å²) < 4.78 is 1.09. The third-order valence-electron chi connectivity index (χ3n) is 3.53. The van der Waals surface area contributed by atoms with Crippen molar-refractivity contribution in [2.24, 2.45) is 5.92 Å². The average Bonchev–Trinajstić information content (AvgIpc) is 2.30. The van der Waals surface area contributed by atoms with Crippen molar-refractivity contribution in [3.63, 3.8) is 0 Å². The largest absolute Gasteiger partial charge is 0.310 e. The molecule has 1 nitrogen and oxygen atoms in total. The summed E-state index contributed by atoms with van der Waals surface area (Å²) in [5, 5.41) is 4.48. The lowest BCUT2D eigenvalue weighted by molar-refractivity contribution is 0.300. The summed E-state index contributed by atoms with van der Waals surface area (Å²) in [6, 6.07) is 6.69. The zero-order valence-electron chi connectivity index (χ0n) is 10.2. The Labute approximate surface area is 117 Å². The summed E-state index contributed by atoms with van der Waals surface area (Å²) in [7, 11) is 0. The maximum Gasteiger partial charge on any atom is 0.0451 e. The van der Waals surface area contributed by atoms with E-state index in [4.69, 9.17) is 11.6 Å². The topological polar surface area (TPSA) is 12.0 Å². The van der Waals surface area contributed by atoms with Crippen LogP contribution in [-0.4, -0.2) is 6.04 Å². The Kier molecular flexibility index (Phi) is 4.89. The highest BCUT2D eigenvalue weighted by atomic mass is 79.9. The Balaban J connectivity index is 1.90. The number of benzene rings is 1. The number of hydrogen-bond acceptors (Lipinski definition) is 1. The molecular weight excluding hydrogens is 298 g/mol. The first kappa shape index (κ1) is 13.4. The van der Waals surface area contributed by atoms with E-state index in [1.165, 1.54) is 31.2 Å². The fourth-order valence-corrected chi connectivity index (χ4v) is 3.15. The minimum absolute atomic E-state index is 0.661. The summed E-state index contributed by atoms with van der Waals surface area (Å²) in [6.45, 7) is 3.22. The van der Waals surface area contributed by atoms with Crippen molar-refractivity contribution in [3.05, 3.63) is 33.3 Å². The van der Waals surface area contributed by atoms with Crippen LogP contribution in [0.4, 0.5) is 0 Å². The number of halogens is 2. The van der Waals surface area contributed by atoms with Crippen molar-refractivity contribution >= 4 is 27.5 Å². The number of rotatable bonds is 3. The highest BCUT2D eigenvalue weighted by Crippen LogP contribution is 2.25. The zero-order chi connectivity index (χ0) is 12.3. The Morgan fingerprint density at radius 3 is 3.00 bits per heavy atom. The van der Waals surface area contributed by atoms with Crippen LogP contribution in [0.5, 0.6) is 0 Å². The van der Waals surface area contributed by atoms with Gasteiger partial charge in [-0.1, -0.05) is 47.3 Å². The lowest BCUT2D eigenvalue weighted by Gasteiger charge is -2.27. The summed E-state index contributed by atoms with van der Waals surface area (Å²) in [4.78, 5) is 0. The molecule has 94 valence electrons. The van der Waals surface area contributed by atoms with E-state index < -0.39 is 0 Å². The second kappa shape index (κ2) is 6.21. The van der Waals surface area contributed by atoms with Gasteiger partial charge in [0.1, 0.15) is 0 Å². The van der Waals surface area contributed by atoms with Gasteiger partial charge in [-0.3, -0.25) is 0 Å². The molecule has 1 aromatic carbocycles. The lowest BCUT2D eigenvalue weighted by Crippen LogP contribution is -2.33. The predicted molar refractivity (Wildman–Crippen MR) is 77.4 cm³/mol. The Morgan fingerprint density at radius 2 is 2.24 bits per heavy atom. The van der Waals surface area contributed by atoms with Gasteiger partial charge in [0.25, 0.3) is 0 Å². The van der Waals surface area contributed by atoms with Gasteiger partial charge < -0.3 is 5.32 Å². The first-order valence-electron chi connectivity index (χ1n) is 6.32. The third kappa shape index (κ3) is 3.97. The van der Waals surface area contributed by atoms with Gasteiger partial charge in [-0.15, -0.1) is 0 Å². The molecule has 0 radical (unpaired) electrons. The van der Waals surface area contributed by atoms with Crippen LogP contribution in [0.3, 0.4) is 0 Å². The smallest absolute Gasteiger partial charge is 0.0451 e. The molecule has 0 bridgehead atoms. The van der Waals surface area contributed by atoms with E-state index >= 15 is 0 Å². The molecule has 2 unspecified atom stereocenters. The summed E-state index contributed by atoms with van der Waals surface area (Å²) >= 11 is 9.67. The van der Waals surface area contributed by atoms with Crippen LogP contribution in [0, 0.1) is 5.92 Å². The van der Waals surface area contributed by atoms with Crippen LogP contribution in [0.2, 0.25) is 5.02 Å². The van der Waals surface area contributed by atoms with E-state index in [9.17, 15) is 0 Å². The Hall–Kier alpha value is -0.0500. The lowest BCUT2D eigenvalue weighted by atomic mass is 9.87. The van der Waals surface area contributed by atoms with Gasteiger partial charge in [0, 0.05) is 22.1 Å². The first-order chi connectivity index (χ1) is 8.15. The molecule has 0 aliphatic heterocycles. The van der Waals surface area contributed by atoms with Gasteiger partial charge in [0.15, 0.2) is 0 Å². The standard InChI is InChI=1S/C14H19BrClN/c1-10-3-2-4-13(7-10)17-9-11-8-12(15)5-6-14(11)16/h5-6,8,10,13,17H,2-4,7,9H2,1H3. The second-order valence-corrected chi connectivity index (χ2v) is 6.41. The quantitative estimate of drug-likeness (QED) is 0.847. The summed E-state index contributed by atoms with van der Waals surface area (Å²) in [5.41, 5.74) is 1.18. The van der Waals surface area contributed by atoms with Crippen LogP contribution in [0.15, 0.2) is 22.7 Å². The molecule has 1 aliphatic carbocycles. The van der Waals surface area contributed by atoms with Crippen LogP contribution in [0.25, 0.3) is 0 Å². The molecule has 0 saturated heterocycles. The summed E-state index contributed by atoms with van der Waals surface area (Å²) in [5.74, 6) is 0.860. The van der Waals surface area contributed by atoms with E-state index in [-0.39, 0.29) is 0 Å². The van der Waals surface area contributed by atoms with Crippen molar-refractivity contribution in [2.45, 2.75) is 45.2 Å². The van der Waals surface area contributed by atoms with E-state index in [2.05, 4.69) is 34.2 Å². The summed E-state index contributed by atoms with van der Waals surface area (Å²) in [6.07, 6.45) is 5.34. The average molecular weight is 317 g/mol. The van der Waals surface area contributed by atoms with E-state index in [1.807, 2.05) is 12.1 Å². The SMILES string of the molecule is CC1CCCC(NCc2cc(Br)ccc2Cl)C1. The number of nitrogens with one attached hydrogen (secondary N) is 1. The molecule has 2 rings (SSSR count). The zero-order valence-corrected chi connectivity index (χ0v) is 12.5. The van der Waals surface area contributed by atoms with Crippen LogP contribution in [-0.2, 0) is 6.54 Å². The van der Waals surface area contributed by atoms with Gasteiger partial charge in [-0.25, -0.2) is 0 Å². The molecule has 1 aliphatic rings. The molecule has 17 heavy (non-hydrogen) atoms. The van der Waals surface area contributed by atoms with Gasteiger partial charge in [0.05, 0.1) is 0 Å². The fraction of sp³-hybridized carbons (Fsp3) is 0.571. The highest BCUT2D eigenvalue weighted by molar-refractivity contribution is 9.10. The molecule has 0 amide bonds. The Bertz CT molecular complexity index is 380. The van der Waals surface area contributed by atoms with Gasteiger partial charge in [-0.05, 0) is 42.5 Å². The van der Waals surface area contributed by atoms with E-state index in [1.54, 1.807) is 0 Å². The molecule has 2 atom stereocenters. The van der Waals surface area contributed by atoms with Crippen molar-refractivity contribution in [2.75, 3.05) is 0 Å². The van der Waals surface area contributed by atoms with Crippen LogP contribution >= 0.6 is 27.5 Å².